The third-order valence-corrected chi connectivity index (χ3v) is 9.08. The van der Waals surface area contributed by atoms with Crippen molar-refractivity contribution >= 4 is 23.7 Å². The normalized spacial score (nSPS) is 18.9. The minimum atomic E-state index is -1.39. The van der Waals surface area contributed by atoms with Gasteiger partial charge in [0.2, 0.25) is 5.82 Å². The van der Waals surface area contributed by atoms with Crippen molar-refractivity contribution in [2.75, 3.05) is 19.7 Å². The second-order valence-corrected chi connectivity index (χ2v) is 12.2. The van der Waals surface area contributed by atoms with Crippen LogP contribution in [0.15, 0.2) is 66.2 Å². The fourth-order valence-electron chi connectivity index (χ4n) is 6.58. The molecule has 9 nitrogen and oxygen atoms in total. The van der Waals surface area contributed by atoms with Crippen molar-refractivity contribution in [1.29, 1.82) is 0 Å². The first kappa shape index (κ1) is 32.9. The highest BCUT2D eigenvalue weighted by molar-refractivity contribution is 6.04. The Morgan fingerprint density at radius 2 is 1.56 bits per heavy atom. The number of rotatable bonds is 10. The van der Waals surface area contributed by atoms with Crippen molar-refractivity contribution in [2.24, 2.45) is 0 Å². The first-order valence-electron chi connectivity index (χ1n) is 15.7. The quantitative estimate of drug-likeness (QED) is 0.149. The van der Waals surface area contributed by atoms with Crippen LogP contribution in [0.4, 0.5) is 27.2 Å². The number of halogens is 4. The molecule has 0 radical (unpaired) electrons. The van der Waals surface area contributed by atoms with Gasteiger partial charge in [-0.25, -0.2) is 22.8 Å². The molecule has 1 aliphatic carbocycles. The van der Waals surface area contributed by atoms with Gasteiger partial charge in [0.15, 0.2) is 17.4 Å². The zero-order valence-electron chi connectivity index (χ0n) is 25.8. The first-order chi connectivity index (χ1) is 23.0. The highest BCUT2D eigenvalue weighted by Crippen LogP contribution is 2.41. The number of nitrogens with zero attached hydrogens (tertiary/aromatic N) is 3. The second-order valence-electron chi connectivity index (χ2n) is 12.2. The molecule has 48 heavy (non-hydrogen) atoms. The minimum absolute atomic E-state index is 0.0246. The Labute approximate surface area is 273 Å². The average Bonchev–Trinajstić information content (AvgIpc) is 3.90. The number of ether oxygens (including phenoxy) is 1. The summed E-state index contributed by atoms with van der Waals surface area (Å²) in [5, 5.41) is 20.0. The van der Waals surface area contributed by atoms with E-state index in [1.165, 1.54) is 11.0 Å². The fraction of sp³-hybridized carbons (Fsp3) is 0.343. The van der Waals surface area contributed by atoms with Gasteiger partial charge < -0.3 is 24.7 Å². The topological polar surface area (TPSA) is 111 Å². The monoisotopic (exact) mass is 667 g/mol. The fourth-order valence-corrected chi connectivity index (χ4v) is 6.58. The van der Waals surface area contributed by atoms with Crippen LogP contribution in [-0.2, 0) is 17.8 Å². The number of benzene rings is 3. The van der Waals surface area contributed by atoms with E-state index in [4.69, 9.17) is 4.74 Å². The number of carbonyl (C=O) groups excluding carboxylic acids is 1. The molecule has 6 rings (SSSR count). The van der Waals surface area contributed by atoms with Crippen LogP contribution in [0.3, 0.4) is 0 Å². The molecule has 3 amide bonds. The van der Waals surface area contributed by atoms with Crippen molar-refractivity contribution < 1.29 is 46.9 Å². The van der Waals surface area contributed by atoms with Crippen molar-refractivity contribution in [1.82, 2.24) is 14.7 Å². The van der Waals surface area contributed by atoms with Gasteiger partial charge in [0.1, 0.15) is 5.82 Å². The molecule has 2 N–H and O–H groups in total. The molecule has 2 aliphatic heterocycles. The Kier molecular flexibility index (Phi) is 9.29. The summed E-state index contributed by atoms with van der Waals surface area (Å²) < 4.78 is 61.1. The van der Waals surface area contributed by atoms with Gasteiger partial charge in [0, 0.05) is 36.8 Å². The van der Waals surface area contributed by atoms with E-state index in [1.807, 2.05) is 12.1 Å². The Hall–Kier alpha value is -5.07. The van der Waals surface area contributed by atoms with Gasteiger partial charge in [-0.2, -0.15) is 4.39 Å². The summed E-state index contributed by atoms with van der Waals surface area (Å²) in [6.07, 6.45) is -0.171. The predicted octanol–water partition coefficient (Wildman–Crippen LogP) is 6.31. The second kappa shape index (κ2) is 13.6. The largest absolute Gasteiger partial charge is 0.488 e. The number of hydrogen-bond acceptors (Lipinski definition) is 4. The zero-order chi connectivity index (χ0) is 34.1. The summed E-state index contributed by atoms with van der Waals surface area (Å²) >= 11 is 0. The van der Waals surface area contributed by atoms with Crippen LogP contribution in [0.5, 0.6) is 5.75 Å². The van der Waals surface area contributed by atoms with Gasteiger partial charge in [-0.15, -0.1) is 0 Å². The van der Waals surface area contributed by atoms with Gasteiger partial charge in [-0.3, -0.25) is 9.69 Å². The molecule has 0 aromatic heterocycles. The number of piperazine rings is 1. The number of hydrogen-bond donors (Lipinski definition) is 2. The molecular formula is C35H33F4N3O6. The van der Waals surface area contributed by atoms with Crippen LogP contribution in [0.25, 0.3) is 5.57 Å². The Bertz CT molecular complexity index is 1760. The molecule has 3 aromatic rings. The third kappa shape index (κ3) is 6.67. The average molecular weight is 668 g/mol. The van der Waals surface area contributed by atoms with Crippen molar-refractivity contribution in [3.63, 3.8) is 0 Å². The summed E-state index contributed by atoms with van der Waals surface area (Å²) in [7, 11) is 0. The third-order valence-electron chi connectivity index (χ3n) is 9.08. The van der Waals surface area contributed by atoms with E-state index < -0.39 is 59.2 Å². The van der Waals surface area contributed by atoms with E-state index in [0.717, 1.165) is 16.5 Å². The van der Waals surface area contributed by atoms with Crippen LogP contribution in [-0.4, -0.2) is 80.8 Å². The lowest BCUT2D eigenvalue weighted by Gasteiger charge is -2.49. The van der Waals surface area contributed by atoms with E-state index in [-0.39, 0.29) is 44.3 Å². The van der Waals surface area contributed by atoms with Crippen LogP contribution in [0.2, 0.25) is 0 Å². The van der Waals surface area contributed by atoms with E-state index in [1.54, 1.807) is 35.2 Å². The maximum absolute atomic E-state index is 14.7. The summed E-state index contributed by atoms with van der Waals surface area (Å²) in [4.78, 5) is 42.9. The Balaban J connectivity index is 1.29. The molecule has 1 saturated heterocycles. The van der Waals surface area contributed by atoms with Crippen molar-refractivity contribution in [3.8, 4) is 5.75 Å². The molecule has 0 spiro atoms. The van der Waals surface area contributed by atoms with E-state index >= 15 is 0 Å². The van der Waals surface area contributed by atoms with E-state index in [0.29, 0.717) is 48.4 Å². The minimum Gasteiger partial charge on any atom is -0.488 e. The number of carbonyl (C=O) groups is 3. The first-order valence-corrected chi connectivity index (χ1v) is 15.7. The van der Waals surface area contributed by atoms with Gasteiger partial charge >= 0.3 is 12.2 Å². The summed E-state index contributed by atoms with van der Waals surface area (Å²) in [5.74, 6) is -5.31. The Morgan fingerprint density at radius 3 is 2.23 bits per heavy atom. The van der Waals surface area contributed by atoms with Crippen LogP contribution in [0, 0.1) is 23.3 Å². The Morgan fingerprint density at radius 1 is 0.854 bits per heavy atom. The molecule has 2 atom stereocenters. The van der Waals surface area contributed by atoms with Crippen LogP contribution >= 0.6 is 0 Å². The number of aryl methyl sites for hydroxylation is 1. The molecule has 0 unspecified atom stereocenters. The van der Waals surface area contributed by atoms with Crippen LogP contribution in [0.1, 0.15) is 42.4 Å². The highest BCUT2D eigenvalue weighted by atomic mass is 19.2. The molecule has 3 aromatic carbocycles. The van der Waals surface area contributed by atoms with Crippen LogP contribution < -0.4 is 4.74 Å². The number of amides is 3. The molecule has 2 fully saturated rings. The smallest absolute Gasteiger partial charge is 0.408 e. The maximum atomic E-state index is 14.7. The molecule has 2 heterocycles. The van der Waals surface area contributed by atoms with Crippen molar-refractivity contribution in [2.45, 2.75) is 56.8 Å². The molecule has 3 aliphatic rings. The summed E-state index contributed by atoms with van der Waals surface area (Å²) in [5.41, 5.74) is 2.59. The lowest BCUT2D eigenvalue weighted by molar-refractivity contribution is -0.129. The lowest BCUT2D eigenvalue weighted by atomic mass is 9.81. The molecule has 2 bridgehead atoms. The molecular weight excluding hydrogens is 634 g/mol. The maximum Gasteiger partial charge on any atom is 0.408 e. The SMILES string of the molecule is O=C(O)N1C[C@H]2CC(c3ccc(CCCOc4c(F)ccc(F)c4F)cc3)=C(C(=O)N(Cc3ccccc3F)C3CC3)[C@@H](C1)N2C(=O)O. The van der Waals surface area contributed by atoms with Gasteiger partial charge in [-0.05, 0) is 67.0 Å². The van der Waals surface area contributed by atoms with Crippen molar-refractivity contribution in [3.05, 3.63) is 106 Å². The molecule has 1 saturated carbocycles. The summed E-state index contributed by atoms with van der Waals surface area (Å²) in [6, 6.07) is 12.9. The van der Waals surface area contributed by atoms with Gasteiger partial charge in [0.05, 0.1) is 18.7 Å². The van der Waals surface area contributed by atoms with Gasteiger partial charge in [0.25, 0.3) is 5.91 Å². The van der Waals surface area contributed by atoms with E-state index in [2.05, 4.69) is 0 Å². The predicted molar refractivity (Wildman–Crippen MR) is 165 cm³/mol. The summed E-state index contributed by atoms with van der Waals surface area (Å²) in [6.45, 7) is -0.389. The molecule has 252 valence electrons. The standard InChI is InChI=1S/C35H33F4N3O6/c36-26-6-2-1-5-22(26)17-41(23-11-12-23)33(43)30-25(16-24-18-40(34(44)45)19-29(30)42(24)35(46)47)21-9-7-20(8-10-21)4-3-15-48-32-28(38)14-13-27(37)31(32)39/h1-2,5-10,13-14,23-24,29H,3-4,11-12,15-19H2,(H,44,45)(H,46,47)/t24-,29-/m1/s1. The number of carboxylic acid groups (broad SMARTS) is 2. The number of fused-ring (bicyclic) bond motifs is 2. The zero-order valence-corrected chi connectivity index (χ0v) is 25.8. The highest BCUT2D eigenvalue weighted by Gasteiger charge is 2.49. The molecule has 13 heteroatoms. The van der Waals surface area contributed by atoms with E-state index in [9.17, 15) is 42.2 Å². The van der Waals surface area contributed by atoms with Gasteiger partial charge in [-0.1, -0.05) is 42.5 Å². The lowest BCUT2D eigenvalue weighted by Crippen LogP contribution is -2.65.